The first-order chi connectivity index (χ1) is 13.4. The Bertz CT molecular complexity index is 1220. The van der Waals surface area contributed by atoms with Crippen molar-refractivity contribution in [2.75, 3.05) is 5.32 Å². The van der Waals surface area contributed by atoms with E-state index >= 15 is 0 Å². The molecule has 142 valence electrons. The summed E-state index contributed by atoms with van der Waals surface area (Å²) < 4.78 is 15.8. The highest BCUT2D eigenvalue weighted by Gasteiger charge is 2.15. The van der Waals surface area contributed by atoms with Gasteiger partial charge in [-0.3, -0.25) is 4.99 Å². The van der Waals surface area contributed by atoms with Gasteiger partial charge in [0.25, 0.3) is 0 Å². The van der Waals surface area contributed by atoms with E-state index in [1.165, 1.54) is 23.7 Å². The molecule has 0 fully saturated rings. The Kier molecular flexibility index (Phi) is 4.94. The smallest absolute Gasteiger partial charge is 0.159 e. The average molecular weight is 459 g/mol. The van der Waals surface area contributed by atoms with Crippen molar-refractivity contribution in [1.29, 1.82) is 0 Å². The van der Waals surface area contributed by atoms with Crippen LogP contribution in [0.4, 0.5) is 15.9 Å². The van der Waals surface area contributed by atoms with E-state index in [0.717, 1.165) is 21.1 Å². The molecule has 2 aromatic heterocycles. The molecule has 2 aromatic carbocycles. The number of nitrogens with one attached hydrogen (secondary N) is 1. The molecule has 4 rings (SSSR count). The summed E-state index contributed by atoms with van der Waals surface area (Å²) in [5, 5.41) is 4.48. The molecule has 0 saturated carbocycles. The third-order valence-corrected chi connectivity index (χ3v) is 5.56. The van der Waals surface area contributed by atoms with Crippen LogP contribution in [-0.4, -0.2) is 26.8 Å². The zero-order valence-corrected chi connectivity index (χ0v) is 17.5. The number of anilines is 2. The van der Waals surface area contributed by atoms with Crippen LogP contribution in [0, 0.1) is 5.82 Å². The predicted molar refractivity (Wildman–Crippen MR) is 116 cm³/mol. The zero-order valence-electron chi connectivity index (χ0n) is 15.1. The van der Waals surface area contributed by atoms with Gasteiger partial charge in [0.15, 0.2) is 10.8 Å². The monoisotopic (exact) mass is 458 g/mol. The lowest BCUT2D eigenvalue weighted by Gasteiger charge is -2.09. The minimum atomic E-state index is -0.383. The number of rotatable bonds is 4. The summed E-state index contributed by atoms with van der Waals surface area (Å²) in [4.78, 5) is 17.6. The summed E-state index contributed by atoms with van der Waals surface area (Å²) in [6.45, 7) is 3.91. The molecule has 28 heavy (non-hydrogen) atoms. The minimum Gasteiger partial charge on any atom is -0.381 e. The first-order valence-electron chi connectivity index (χ1n) is 8.52. The Hall–Kier alpha value is -2.65. The van der Waals surface area contributed by atoms with Gasteiger partial charge in [-0.15, -0.1) is 11.3 Å². The molecule has 0 radical (unpaired) electrons. The van der Waals surface area contributed by atoms with Crippen LogP contribution in [0.1, 0.15) is 18.9 Å². The molecule has 0 saturated heterocycles. The molecule has 0 bridgehead atoms. The molecule has 3 N–H and O–H groups in total. The number of fused-ring (bicyclic) bond motifs is 3. The van der Waals surface area contributed by atoms with Crippen LogP contribution in [0.25, 0.3) is 21.1 Å². The van der Waals surface area contributed by atoms with Crippen LogP contribution in [0.5, 0.6) is 0 Å². The van der Waals surface area contributed by atoms with Crippen LogP contribution in [0.15, 0.2) is 46.1 Å². The highest BCUT2D eigenvalue weighted by molar-refractivity contribution is 9.10. The van der Waals surface area contributed by atoms with Crippen molar-refractivity contribution in [3.63, 3.8) is 0 Å². The summed E-state index contributed by atoms with van der Waals surface area (Å²) in [5.41, 5.74) is 7.92. The largest absolute Gasteiger partial charge is 0.381 e. The van der Waals surface area contributed by atoms with Crippen LogP contribution in [-0.2, 0) is 0 Å². The average Bonchev–Trinajstić information content (AvgIpc) is 3.08. The highest BCUT2D eigenvalue weighted by atomic mass is 79.9. The standard InChI is InChI=1S/C19H16BrFN6S/c1-9(2)25-17(22)19-27-14-6-5-13-15(16(14)28-19)18(24-8-23-13)26-12-4-3-10(20)7-11(12)21/h3-9H,1-2H3,(H2,22,25)(H,23,24,26). The van der Waals surface area contributed by atoms with Crippen molar-refractivity contribution >= 4 is 65.7 Å². The molecular formula is C19H16BrFN6S. The van der Waals surface area contributed by atoms with Gasteiger partial charge in [-0.25, -0.2) is 19.3 Å². The molecule has 0 aliphatic rings. The van der Waals surface area contributed by atoms with Crippen molar-refractivity contribution in [3.8, 4) is 0 Å². The molecule has 0 spiro atoms. The van der Waals surface area contributed by atoms with E-state index in [-0.39, 0.29) is 11.9 Å². The summed E-state index contributed by atoms with van der Waals surface area (Å²) in [5.74, 6) is 0.521. The van der Waals surface area contributed by atoms with Gasteiger partial charge in [-0.2, -0.15) is 0 Å². The van der Waals surface area contributed by atoms with Gasteiger partial charge in [0.1, 0.15) is 18.0 Å². The summed E-state index contributed by atoms with van der Waals surface area (Å²) in [7, 11) is 0. The second kappa shape index (κ2) is 7.40. The Morgan fingerprint density at radius 3 is 2.75 bits per heavy atom. The van der Waals surface area contributed by atoms with Gasteiger partial charge in [0.05, 0.1) is 26.8 Å². The van der Waals surface area contributed by atoms with Gasteiger partial charge in [-0.05, 0) is 44.2 Å². The second-order valence-corrected chi connectivity index (χ2v) is 8.32. The third-order valence-electron chi connectivity index (χ3n) is 3.96. The maximum absolute atomic E-state index is 14.3. The van der Waals surface area contributed by atoms with Gasteiger partial charge in [0, 0.05) is 10.5 Å². The van der Waals surface area contributed by atoms with Crippen molar-refractivity contribution < 1.29 is 4.39 Å². The number of amidine groups is 1. The van der Waals surface area contributed by atoms with E-state index < -0.39 is 0 Å². The van der Waals surface area contributed by atoms with Crippen molar-refractivity contribution in [3.05, 3.63) is 52.0 Å². The number of aromatic nitrogens is 3. The number of aliphatic imine (C=N–C) groups is 1. The Labute approximate surface area is 172 Å². The lowest BCUT2D eigenvalue weighted by Crippen LogP contribution is -2.15. The van der Waals surface area contributed by atoms with E-state index in [1.807, 2.05) is 26.0 Å². The molecule has 0 amide bonds. The zero-order chi connectivity index (χ0) is 19.8. The second-order valence-electron chi connectivity index (χ2n) is 6.41. The molecule has 0 aliphatic carbocycles. The topological polar surface area (TPSA) is 89.1 Å². The van der Waals surface area contributed by atoms with E-state index in [0.29, 0.717) is 26.8 Å². The number of hydrogen-bond acceptors (Lipinski definition) is 6. The van der Waals surface area contributed by atoms with Crippen molar-refractivity contribution in [2.24, 2.45) is 10.7 Å². The fourth-order valence-electron chi connectivity index (χ4n) is 2.79. The van der Waals surface area contributed by atoms with E-state index in [9.17, 15) is 4.39 Å². The van der Waals surface area contributed by atoms with E-state index in [1.54, 1.807) is 12.1 Å². The normalized spacial score (nSPS) is 12.2. The van der Waals surface area contributed by atoms with Crippen molar-refractivity contribution in [2.45, 2.75) is 19.9 Å². The van der Waals surface area contributed by atoms with Crippen LogP contribution >= 0.6 is 27.3 Å². The van der Waals surface area contributed by atoms with Crippen LogP contribution in [0.2, 0.25) is 0 Å². The third kappa shape index (κ3) is 3.55. The fourth-order valence-corrected chi connectivity index (χ4v) is 4.14. The number of halogens is 2. The lowest BCUT2D eigenvalue weighted by molar-refractivity contribution is 0.631. The number of nitrogens with two attached hydrogens (primary N) is 1. The first kappa shape index (κ1) is 18.7. The lowest BCUT2D eigenvalue weighted by atomic mass is 10.2. The maximum Gasteiger partial charge on any atom is 0.159 e. The number of hydrogen-bond donors (Lipinski definition) is 2. The SMILES string of the molecule is CC(C)N=C(N)c1nc2ccc3ncnc(Nc4ccc(Br)cc4F)c3c2s1. The van der Waals surface area contributed by atoms with Crippen LogP contribution < -0.4 is 11.1 Å². The number of nitrogens with zero attached hydrogens (tertiary/aromatic N) is 4. The molecule has 9 heteroatoms. The molecular weight excluding hydrogens is 443 g/mol. The number of thiazole rings is 1. The summed E-state index contributed by atoms with van der Waals surface area (Å²) in [6.07, 6.45) is 1.45. The molecule has 0 unspecified atom stereocenters. The molecule has 4 aromatic rings. The molecule has 0 atom stereocenters. The quantitative estimate of drug-likeness (QED) is 0.331. The summed E-state index contributed by atoms with van der Waals surface area (Å²) >= 11 is 4.68. The van der Waals surface area contributed by atoms with E-state index in [2.05, 4.69) is 41.2 Å². The van der Waals surface area contributed by atoms with Gasteiger partial charge in [-0.1, -0.05) is 15.9 Å². The maximum atomic E-state index is 14.3. The fraction of sp³-hybridized carbons (Fsp3) is 0.158. The van der Waals surface area contributed by atoms with Crippen molar-refractivity contribution in [1.82, 2.24) is 15.0 Å². The highest BCUT2D eigenvalue weighted by Crippen LogP contribution is 2.35. The predicted octanol–water partition coefficient (Wildman–Crippen LogP) is 5.00. The Morgan fingerprint density at radius 1 is 1.21 bits per heavy atom. The van der Waals surface area contributed by atoms with Gasteiger partial charge < -0.3 is 11.1 Å². The number of benzene rings is 2. The molecule has 6 nitrogen and oxygen atoms in total. The molecule has 0 aliphatic heterocycles. The Morgan fingerprint density at radius 2 is 2.00 bits per heavy atom. The van der Waals surface area contributed by atoms with E-state index in [4.69, 9.17) is 5.73 Å². The van der Waals surface area contributed by atoms with Crippen LogP contribution in [0.3, 0.4) is 0 Å². The molecule has 2 heterocycles. The van der Waals surface area contributed by atoms with Gasteiger partial charge in [0.2, 0.25) is 0 Å². The van der Waals surface area contributed by atoms with Gasteiger partial charge >= 0.3 is 0 Å². The minimum absolute atomic E-state index is 0.0738. The summed E-state index contributed by atoms with van der Waals surface area (Å²) in [6, 6.07) is 8.63. The Balaban J connectivity index is 1.88. The first-order valence-corrected chi connectivity index (χ1v) is 10.1.